The minimum absolute atomic E-state index is 0.0277. The van der Waals surface area contributed by atoms with E-state index in [0.29, 0.717) is 22.6 Å². The zero-order chi connectivity index (χ0) is 20.5. The van der Waals surface area contributed by atoms with Gasteiger partial charge >= 0.3 is 0 Å². The summed E-state index contributed by atoms with van der Waals surface area (Å²) in [6.07, 6.45) is 0.335. The van der Waals surface area contributed by atoms with Gasteiger partial charge in [-0.2, -0.15) is 0 Å². The van der Waals surface area contributed by atoms with Crippen LogP contribution in [0, 0.1) is 13.8 Å². The average molecular weight is 420 g/mol. The Hall–Kier alpha value is -2.18. The predicted octanol–water partition coefficient (Wildman–Crippen LogP) is 3.47. The van der Waals surface area contributed by atoms with Crippen LogP contribution in [0.2, 0.25) is 5.02 Å². The highest BCUT2D eigenvalue weighted by Crippen LogP contribution is 2.22. The highest BCUT2D eigenvalue weighted by Gasteiger charge is 2.36. The van der Waals surface area contributed by atoms with Crippen molar-refractivity contribution in [3.63, 3.8) is 0 Å². The molecule has 3 rings (SSSR count). The van der Waals surface area contributed by atoms with Crippen LogP contribution in [0.1, 0.15) is 38.3 Å². The average Bonchev–Trinajstić information content (AvgIpc) is 3.01. The maximum absolute atomic E-state index is 13.1. The van der Waals surface area contributed by atoms with Crippen LogP contribution in [0.3, 0.4) is 0 Å². The van der Waals surface area contributed by atoms with Crippen LogP contribution in [0.25, 0.3) is 0 Å². The van der Waals surface area contributed by atoms with E-state index in [4.69, 9.17) is 11.6 Å². The largest absolute Gasteiger partial charge is 0.327 e. The molecule has 7 heteroatoms. The summed E-state index contributed by atoms with van der Waals surface area (Å²) in [6, 6.07) is 11.3. The number of carbonyl (C=O) groups excluding carboxylic acids is 2. The van der Waals surface area contributed by atoms with Crippen LogP contribution in [-0.4, -0.2) is 49.1 Å². The number of ketones is 1. The van der Waals surface area contributed by atoms with E-state index in [9.17, 15) is 18.0 Å². The van der Waals surface area contributed by atoms with Gasteiger partial charge in [-0.1, -0.05) is 23.7 Å². The van der Waals surface area contributed by atoms with Gasteiger partial charge in [0.15, 0.2) is 15.6 Å². The molecular weight excluding hydrogens is 398 g/mol. The molecular formula is C21H22ClNO4S. The van der Waals surface area contributed by atoms with Gasteiger partial charge in [-0.15, -0.1) is 0 Å². The van der Waals surface area contributed by atoms with E-state index in [2.05, 4.69) is 0 Å². The lowest BCUT2D eigenvalue weighted by molar-refractivity contribution is 0.0654. The van der Waals surface area contributed by atoms with Crippen molar-refractivity contribution in [2.75, 3.05) is 18.1 Å². The fourth-order valence-corrected chi connectivity index (χ4v) is 5.16. The summed E-state index contributed by atoms with van der Waals surface area (Å²) < 4.78 is 23.9. The van der Waals surface area contributed by atoms with Crippen molar-refractivity contribution in [1.82, 2.24) is 4.90 Å². The molecule has 0 N–H and O–H groups in total. The third-order valence-corrected chi connectivity index (χ3v) is 7.15. The number of hydrogen-bond donors (Lipinski definition) is 0. The maximum atomic E-state index is 13.1. The summed E-state index contributed by atoms with van der Waals surface area (Å²) in [4.78, 5) is 27.3. The predicted molar refractivity (Wildman–Crippen MR) is 110 cm³/mol. The first-order valence-electron chi connectivity index (χ1n) is 9.04. The molecule has 2 aromatic carbocycles. The lowest BCUT2D eigenvalue weighted by Gasteiger charge is -2.28. The second-order valence-corrected chi connectivity index (χ2v) is 9.88. The van der Waals surface area contributed by atoms with Gasteiger partial charge in [0.2, 0.25) is 0 Å². The minimum atomic E-state index is -3.20. The van der Waals surface area contributed by atoms with Crippen LogP contribution in [0.5, 0.6) is 0 Å². The Labute approximate surface area is 170 Å². The van der Waals surface area contributed by atoms with Crippen LogP contribution < -0.4 is 0 Å². The second kappa shape index (κ2) is 8.05. The molecule has 28 heavy (non-hydrogen) atoms. The number of amides is 1. The number of nitrogens with zero attached hydrogens (tertiary/aromatic N) is 1. The Kier molecular flexibility index (Phi) is 5.91. The summed E-state index contributed by atoms with van der Waals surface area (Å²) in [7, 11) is -3.20. The van der Waals surface area contributed by atoms with Crippen molar-refractivity contribution in [3.8, 4) is 0 Å². The molecule has 2 aromatic rings. The molecule has 1 amide bonds. The Morgan fingerprint density at radius 2 is 1.68 bits per heavy atom. The van der Waals surface area contributed by atoms with Crippen molar-refractivity contribution >= 4 is 33.1 Å². The Morgan fingerprint density at radius 3 is 2.25 bits per heavy atom. The van der Waals surface area contributed by atoms with Crippen molar-refractivity contribution in [3.05, 3.63) is 69.7 Å². The van der Waals surface area contributed by atoms with Crippen LogP contribution >= 0.6 is 11.6 Å². The Morgan fingerprint density at radius 1 is 1.04 bits per heavy atom. The SMILES string of the molecule is Cc1ccc(C(=O)CN(C(=O)c2ccc(Cl)cc2)C2CCS(=O)(=O)C2)cc1C. The monoisotopic (exact) mass is 419 g/mol. The molecule has 0 spiro atoms. The van der Waals surface area contributed by atoms with E-state index >= 15 is 0 Å². The zero-order valence-electron chi connectivity index (χ0n) is 15.8. The molecule has 5 nitrogen and oxygen atoms in total. The van der Waals surface area contributed by atoms with Crippen molar-refractivity contribution < 1.29 is 18.0 Å². The third-order valence-electron chi connectivity index (χ3n) is 5.14. The van der Waals surface area contributed by atoms with Crippen molar-refractivity contribution in [2.45, 2.75) is 26.3 Å². The first-order chi connectivity index (χ1) is 13.2. The molecule has 1 aliphatic rings. The van der Waals surface area contributed by atoms with Crippen molar-refractivity contribution in [2.24, 2.45) is 0 Å². The highest BCUT2D eigenvalue weighted by atomic mass is 35.5. The highest BCUT2D eigenvalue weighted by molar-refractivity contribution is 7.91. The van der Waals surface area contributed by atoms with Crippen LogP contribution in [0.4, 0.5) is 0 Å². The van der Waals surface area contributed by atoms with E-state index in [-0.39, 0.29) is 29.7 Å². The van der Waals surface area contributed by atoms with Gasteiger partial charge < -0.3 is 4.90 Å². The van der Waals surface area contributed by atoms with E-state index in [1.165, 1.54) is 4.90 Å². The molecule has 0 saturated carbocycles. The number of aryl methyl sites for hydroxylation is 2. The molecule has 1 saturated heterocycles. The summed E-state index contributed by atoms with van der Waals surface area (Å²) in [5.41, 5.74) is 2.96. The maximum Gasteiger partial charge on any atom is 0.254 e. The summed E-state index contributed by atoms with van der Waals surface area (Å²) >= 11 is 5.89. The Bertz CT molecular complexity index is 1020. The van der Waals surface area contributed by atoms with Gasteiger partial charge in [0.1, 0.15) is 0 Å². The van der Waals surface area contributed by atoms with E-state index < -0.39 is 15.9 Å². The van der Waals surface area contributed by atoms with Gasteiger partial charge in [0.25, 0.3) is 5.91 Å². The molecule has 1 fully saturated rings. The number of benzene rings is 2. The first kappa shape index (κ1) is 20.6. The topological polar surface area (TPSA) is 71.5 Å². The van der Waals surface area contributed by atoms with Gasteiger partial charge in [-0.05, 0) is 61.7 Å². The molecule has 0 radical (unpaired) electrons. The fraction of sp³-hybridized carbons (Fsp3) is 0.333. The van der Waals surface area contributed by atoms with Crippen LogP contribution in [0.15, 0.2) is 42.5 Å². The first-order valence-corrected chi connectivity index (χ1v) is 11.2. The molecule has 1 unspecified atom stereocenters. The lowest BCUT2D eigenvalue weighted by atomic mass is 10.0. The zero-order valence-corrected chi connectivity index (χ0v) is 17.4. The molecule has 0 aliphatic carbocycles. The number of rotatable bonds is 5. The number of hydrogen-bond acceptors (Lipinski definition) is 4. The van der Waals surface area contributed by atoms with Gasteiger partial charge in [-0.3, -0.25) is 9.59 Å². The lowest BCUT2D eigenvalue weighted by Crippen LogP contribution is -2.44. The quantitative estimate of drug-likeness (QED) is 0.695. The third kappa shape index (κ3) is 4.62. The Balaban J connectivity index is 1.89. The molecule has 1 heterocycles. The van der Waals surface area contributed by atoms with Gasteiger partial charge in [-0.25, -0.2) is 8.42 Å². The number of halogens is 1. The molecule has 1 atom stereocenters. The smallest absolute Gasteiger partial charge is 0.254 e. The summed E-state index contributed by atoms with van der Waals surface area (Å²) in [5, 5.41) is 0.498. The normalized spacial score (nSPS) is 18.0. The second-order valence-electron chi connectivity index (χ2n) is 7.22. The van der Waals surface area contributed by atoms with E-state index in [0.717, 1.165) is 11.1 Å². The molecule has 148 valence electrons. The van der Waals surface area contributed by atoms with Gasteiger partial charge in [0.05, 0.1) is 18.1 Å². The molecule has 0 aromatic heterocycles. The number of Topliss-reactive ketones (excluding diaryl/α,β-unsaturated/α-hetero) is 1. The van der Waals surface area contributed by atoms with E-state index in [1.54, 1.807) is 36.4 Å². The van der Waals surface area contributed by atoms with Crippen molar-refractivity contribution in [1.29, 1.82) is 0 Å². The minimum Gasteiger partial charge on any atom is -0.327 e. The standard InChI is InChI=1S/C21H22ClNO4S/c1-14-3-4-17(11-15(14)2)20(24)12-23(19-9-10-28(26,27)13-19)21(25)16-5-7-18(22)8-6-16/h3-8,11,19H,9-10,12-13H2,1-2H3. The van der Waals surface area contributed by atoms with E-state index in [1.807, 2.05) is 19.9 Å². The fourth-order valence-electron chi connectivity index (χ4n) is 3.31. The molecule has 0 bridgehead atoms. The van der Waals surface area contributed by atoms with Gasteiger partial charge in [0, 0.05) is 22.2 Å². The number of carbonyl (C=O) groups is 2. The van der Waals surface area contributed by atoms with Crippen LogP contribution in [-0.2, 0) is 9.84 Å². The molecule has 1 aliphatic heterocycles. The summed E-state index contributed by atoms with van der Waals surface area (Å²) in [6.45, 7) is 3.72. The summed E-state index contributed by atoms with van der Waals surface area (Å²) in [5.74, 6) is -0.669. The number of sulfone groups is 1.